The zero-order valence-electron chi connectivity index (χ0n) is 10.9. The molecule has 1 heterocycles. The van der Waals surface area contributed by atoms with Gasteiger partial charge >= 0.3 is 0 Å². The molecule has 0 saturated heterocycles. The number of hydrogen-bond acceptors (Lipinski definition) is 3. The lowest BCUT2D eigenvalue weighted by atomic mass is 10.1. The first kappa shape index (κ1) is 13.3. The van der Waals surface area contributed by atoms with E-state index in [1.165, 1.54) is 27.5 Å². The van der Waals surface area contributed by atoms with Crippen molar-refractivity contribution in [3.8, 4) is 6.07 Å². The van der Waals surface area contributed by atoms with Crippen molar-refractivity contribution >= 4 is 23.5 Å². The Labute approximate surface area is 115 Å². The smallest absolute Gasteiger partial charge is 0.268 e. The quantitative estimate of drug-likeness (QED) is 0.821. The van der Waals surface area contributed by atoms with Crippen LogP contribution in [0, 0.1) is 11.3 Å². The summed E-state index contributed by atoms with van der Waals surface area (Å²) in [6.07, 6.45) is 4.26. The summed E-state index contributed by atoms with van der Waals surface area (Å²) < 4.78 is 2.82. The molecule has 4 heteroatoms. The SMILES string of the molecule is CCc1ccc(/C=c2\s/c(=C\C#N)n(C)c2=O)cc1. The highest BCUT2D eigenvalue weighted by Gasteiger charge is 1.99. The largest absolute Gasteiger partial charge is 0.301 e. The molecule has 0 amide bonds. The number of rotatable bonds is 2. The van der Waals surface area contributed by atoms with Crippen molar-refractivity contribution < 1.29 is 0 Å². The Kier molecular flexibility index (Phi) is 3.98. The number of benzene rings is 1. The van der Waals surface area contributed by atoms with Crippen LogP contribution in [0.5, 0.6) is 0 Å². The van der Waals surface area contributed by atoms with E-state index in [-0.39, 0.29) is 5.56 Å². The van der Waals surface area contributed by atoms with E-state index in [2.05, 4.69) is 19.1 Å². The van der Waals surface area contributed by atoms with Crippen molar-refractivity contribution in [1.82, 2.24) is 4.57 Å². The Morgan fingerprint density at radius 1 is 1.37 bits per heavy atom. The molecule has 2 aromatic rings. The third kappa shape index (κ3) is 2.83. The summed E-state index contributed by atoms with van der Waals surface area (Å²) in [6, 6.07) is 10.1. The second-order valence-electron chi connectivity index (χ2n) is 4.18. The van der Waals surface area contributed by atoms with Gasteiger partial charge in [0.25, 0.3) is 5.56 Å². The van der Waals surface area contributed by atoms with Crippen molar-refractivity contribution in [2.75, 3.05) is 0 Å². The molecule has 0 fully saturated rings. The fourth-order valence-electron chi connectivity index (χ4n) is 1.76. The summed E-state index contributed by atoms with van der Waals surface area (Å²) in [5.41, 5.74) is 2.21. The molecule has 0 aliphatic heterocycles. The van der Waals surface area contributed by atoms with Gasteiger partial charge in [0.2, 0.25) is 0 Å². The lowest BCUT2D eigenvalue weighted by molar-refractivity contribution is 0.857. The lowest BCUT2D eigenvalue weighted by Gasteiger charge is -1.96. The van der Waals surface area contributed by atoms with E-state index >= 15 is 0 Å². The molecule has 3 nitrogen and oxygen atoms in total. The summed E-state index contributed by atoms with van der Waals surface area (Å²) in [5, 5.41) is 8.67. The minimum atomic E-state index is -0.0638. The average molecular weight is 270 g/mol. The highest BCUT2D eigenvalue weighted by atomic mass is 32.1. The fourth-order valence-corrected chi connectivity index (χ4v) is 2.74. The molecule has 2 rings (SSSR count). The van der Waals surface area contributed by atoms with Gasteiger partial charge in [-0.15, -0.1) is 11.3 Å². The molecule has 0 N–H and O–H groups in total. The Morgan fingerprint density at radius 3 is 2.63 bits per heavy atom. The van der Waals surface area contributed by atoms with E-state index in [1.807, 2.05) is 24.3 Å². The Bertz CT molecular complexity index is 789. The van der Waals surface area contributed by atoms with Crippen LogP contribution in [0.15, 0.2) is 29.1 Å². The van der Waals surface area contributed by atoms with Crippen LogP contribution in [-0.2, 0) is 13.5 Å². The van der Waals surface area contributed by atoms with Crippen LogP contribution in [0.25, 0.3) is 12.2 Å². The highest BCUT2D eigenvalue weighted by Crippen LogP contribution is 2.05. The molecule has 0 aliphatic carbocycles. The number of hydrogen-bond donors (Lipinski definition) is 0. The van der Waals surface area contributed by atoms with Crippen molar-refractivity contribution in [2.24, 2.45) is 7.05 Å². The van der Waals surface area contributed by atoms with E-state index < -0.39 is 0 Å². The van der Waals surface area contributed by atoms with Gasteiger partial charge in [-0.2, -0.15) is 5.26 Å². The predicted molar refractivity (Wildman–Crippen MR) is 78.3 cm³/mol. The molecule has 0 bridgehead atoms. The van der Waals surface area contributed by atoms with Gasteiger partial charge in [0, 0.05) is 13.1 Å². The highest BCUT2D eigenvalue weighted by molar-refractivity contribution is 7.07. The van der Waals surface area contributed by atoms with Crippen molar-refractivity contribution in [3.63, 3.8) is 0 Å². The standard InChI is InChI=1S/C15H14N2OS/c1-3-11-4-6-12(7-5-11)10-13-15(18)17(2)14(19-13)8-9-16/h4-8,10H,3H2,1-2H3/b13-10-,14-8-. The molecule has 0 radical (unpaired) electrons. The minimum absolute atomic E-state index is 0.0638. The van der Waals surface area contributed by atoms with Gasteiger partial charge in [0.1, 0.15) is 4.66 Å². The van der Waals surface area contributed by atoms with Gasteiger partial charge in [-0.3, -0.25) is 4.79 Å². The maximum Gasteiger partial charge on any atom is 0.268 e. The Balaban J connectivity index is 2.55. The van der Waals surface area contributed by atoms with Crippen LogP contribution in [0.4, 0.5) is 0 Å². The average Bonchev–Trinajstić information content (AvgIpc) is 2.69. The first-order chi connectivity index (χ1) is 9.15. The summed E-state index contributed by atoms with van der Waals surface area (Å²) >= 11 is 1.33. The first-order valence-corrected chi connectivity index (χ1v) is 6.83. The number of nitriles is 1. The number of thiazole rings is 1. The molecule has 96 valence electrons. The molecule has 0 aliphatic rings. The summed E-state index contributed by atoms with van der Waals surface area (Å²) in [7, 11) is 1.68. The van der Waals surface area contributed by atoms with Gasteiger partial charge in [0.15, 0.2) is 0 Å². The second kappa shape index (κ2) is 5.68. The maximum absolute atomic E-state index is 12.0. The summed E-state index contributed by atoms with van der Waals surface area (Å²) in [5.74, 6) is 0. The van der Waals surface area contributed by atoms with Crippen molar-refractivity contribution in [3.05, 3.63) is 54.9 Å². The van der Waals surface area contributed by atoms with Crippen LogP contribution in [-0.4, -0.2) is 4.57 Å². The molecular formula is C15H14N2OS. The van der Waals surface area contributed by atoms with Crippen LogP contribution < -0.4 is 14.8 Å². The molecule has 0 spiro atoms. The molecule has 0 unspecified atom stereocenters. The molecule has 1 aromatic heterocycles. The molecule has 1 aromatic carbocycles. The van der Waals surface area contributed by atoms with Crippen LogP contribution in [0.1, 0.15) is 18.1 Å². The first-order valence-electron chi connectivity index (χ1n) is 6.02. The number of aromatic nitrogens is 1. The van der Waals surface area contributed by atoms with Gasteiger partial charge in [-0.25, -0.2) is 0 Å². The Hall–Kier alpha value is -2.12. The van der Waals surface area contributed by atoms with E-state index in [1.54, 1.807) is 7.05 Å². The number of aryl methyl sites for hydroxylation is 1. The summed E-state index contributed by atoms with van der Waals surface area (Å²) in [6.45, 7) is 2.11. The van der Waals surface area contributed by atoms with E-state index in [0.717, 1.165) is 12.0 Å². The molecule has 19 heavy (non-hydrogen) atoms. The van der Waals surface area contributed by atoms with Gasteiger partial charge < -0.3 is 4.57 Å². The third-order valence-electron chi connectivity index (χ3n) is 2.93. The topological polar surface area (TPSA) is 45.8 Å². The van der Waals surface area contributed by atoms with Gasteiger partial charge in [-0.05, 0) is 23.6 Å². The van der Waals surface area contributed by atoms with Gasteiger partial charge in [0.05, 0.1) is 10.6 Å². The van der Waals surface area contributed by atoms with E-state index in [4.69, 9.17) is 5.26 Å². The van der Waals surface area contributed by atoms with E-state index in [0.29, 0.717) is 9.20 Å². The lowest BCUT2D eigenvalue weighted by Crippen LogP contribution is -2.28. The maximum atomic E-state index is 12.0. The second-order valence-corrected chi connectivity index (χ2v) is 5.24. The van der Waals surface area contributed by atoms with Crippen LogP contribution >= 0.6 is 11.3 Å². The third-order valence-corrected chi connectivity index (χ3v) is 4.05. The van der Waals surface area contributed by atoms with E-state index in [9.17, 15) is 4.79 Å². The Morgan fingerprint density at radius 2 is 2.05 bits per heavy atom. The van der Waals surface area contributed by atoms with Crippen LogP contribution in [0.3, 0.4) is 0 Å². The predicted octanol–water partition coefficient (Wildman–Crippen LogP) is 1.14. The normalized spacial score (nSPS) is 12.7. The fraction of sp³-hybridized carbons (Fsp3) is 0.200. The minimum Gasteiger partial charge on any atom is -0.301 e. The molecule has 0 atom stereocenters. The zero-order valence-corrected chi connectivity index (χ0v) is 11.7. The molecular weight excluding hydrogens is 256 g/mol. The van der Waals surface area contributed by atoms with Gasteiger partial charge in [-0.1, -0.05) is 31.2 Å². The monoisotopic (exact) mass is 270 g/mol. The molecule has 0 saturated carbocycles. The van der Waals surface area contributed by atoms with Crippen molar-refractivity contribution in [2.45, 2.75) is 13.3 Å². The summed E-state index contributed by atoms with van der Waals surface area (Å²) in [4.78, 5) is 12.0. The van der Waals surface area contributed by atoms with Crippen LogP contribution in [0.2, 0.25) is 0 Å². The zero-order chi connectivity index (χ0) is 13.8. The van der Waals surface area contributed by atoms with Crippen molar-refractivity contribution in [1.29, 1.82) is 5.26 Å². The number of nitrogens with zero attached hydrogens (tertiary/aromatic N) is 2.